The minimum absolute atomic E-state index is 0.0725. The molecule has 9 heteroatoms. The Kier molecular flexibility index (Phi) is 3.87. The number of nitrogens with two attached hydrogens (primary N) is 1. The van der Waals surface area contributed by atoms with Crippen LogP contribution in [0.15, 0.2) is 12.3 Å². The minimum atomic E-state index is -4.72. The minimum Gasteiger partial charge on any atom is -0.384 e. The summed E-state index contributed by atoms with van der Waals surface area (Å²) >= 11 is 0. The van der Waals surface area contributed by atoms with E-state index in [2.05, 4.69) is 15.1 Å². The van der Waals surface area contributed by atoms with E-state index in [0.29, 0.717) is 17.5 Å². The van der Waals surface area contributed by atoms with Crippen molar-refractivity contribution in [2.45, 2.75) is 45.3 Å². The number of pyridine rings is 2. The molecule has 1 fully saturated rings. The summed E-state index contributed by atoms with van der Waals surface area (Å²) in [4.78, 5) is 7.92. The van der Waals surface area contributed by atoms with E-state index in [4.69, 9.17) is 5.73 Å². The molecule has 0 aliphatic heterocycles. The van der Waals surface area contributed by atoms with Crippen LogP contribution in [0, 0.1) is 12.7 Å². The van der Waals surface area contributed by atoms with E-state index >= 15 is 4.39 Å². The van der Waals surface area contributed by atoms with E-state index in [1.54, 1.807) is 4.68 Å². The molecular formula is C18H17F4N5. The van der Waals surface area contributed by atoms with Gasteiger partial charge in [0.2, 0.25) is 0 Å². The Morgan fingerprint density at radius 3 is 2.56 bits per heavy atom. The summed E-state index contributed by atoms with van der Waals surface area (Å²) in [6.45, 7) is 3.02. The second-order valence-corrected chi connectivity index (χ2v) is 6.71. The Bertz CT molecular complexity index is 1050. The summed E-state index contributed by atoms with van der Waals surface area (Å²) in [5.74, 6) is -0.937. The predicted molar refractivity (Wildman–Crippen MR) is 92.5 cm³/mol. The van der Waals surface area contributed by atoms with Gasteiger partial charge in [-0.2, -0.15) is 18.3 Å². The molecule has 2 N–H and O–H groups in total. The number of hydrogen-bond acceptors (Lipinski definition) is 4. The molecule has 0 aromatic carbocycles. The second-order valence-electron chi connectivity index (χ2n) is 6.71. The van der Waals surface area contributed by atoms with E-state index in [1.165, 1.54) is 13.1 Å². The van der Waals surface area contributed by atoms with Crippen LogP contribution in [-0.4, -0.2) is 19.7 Å². The molecule has 1 aliphatic rings. The number of alkyl halides is 3. The first kappa shape index (κ1) is 17.7. The molecule has 5 nitrogen and oxygen atoms in total. The number of anilines is 1. The predicted octanol–water partition coefficient (Wildman–Crippen LogP) is 4.44. The van der Waals surface area contributed by atoms with E-state index in [9.17, 15) is 13.2 Å². The van der Waals surface area contributed by atoms with Gasteiger partial charge < -0.3 is 5.73 Å². The van der Waals surface area contributed by atoms with E-state index < -0.39 is 23.1 Å². The van der Waals surface area contributed by atoms with E-state index in [0.717, 1.165) is 18.9 Å². The lowest BCUT2D eigenvalue weighted by Crippen LogP contribution is -2.14. The normalized spacial score (nSPS) is 14.9. The Morgan fingerprint density at radius 1 is 1.26 bits per heavy atom. The molecule has 3 aromatic rings. The molecule has 142 valence electrons. The van der Waals surface area contributed by atoms with Crippen LogP contribution in [-0.2, 0) is 12.6 Å². The van der Waals surface area contributed by atoms with Crippen LogP contribution in [0.2, 0.25) is 0 Å². The third kappa shape index (κ3) is 2.81. The zero-order valence-electron chi connectivity index (χ0n) is 14.7. The highest BCUT2D eigenvalue weighted by molar-refractivity contribution is 5.87. The molecule has 0 unspecified atom stereocenters. The zero-order valence-corrected chi connectivity index (χ0v) is 14.7. The number of nitrogen functional groups attached to an aromatic ring is 1. The zero-order chi connectivity index (χ0) is 19.5. The van der Waals surface area contributed by atoms with Crippen LogP contribution >= 0.6 is 0 Å². The highest BCUT2D eigenvalue weighted by Gasteiger charge is 2.38. The Hall–Kier alpha value is -2.71. The van der Waals surface area contributed by atoms with Gasteiger partial charge in [-0.3, -0.25) is 4.68 Å². The molecule has 1 saturated carbocycles. The SMILES string of the molecule is CCc1nc(-c2cc(N)nc(C)c2C(F)(F)F)c(F)c2c1cnn2C1CC1. The maximum Gasteiger partial charge on any atom is 0.418 e. The summed E-state index contributed by atoms with van der Waals surface area (Å²) in [5.41, 5.74) is 4.25. The molecule has 0 radical (unpaired) electrons. The monoisotopic (exact) mass is 379 g/mol. The van der Waals surface area contributed by atoms with Crippen LogP contribution in [0.5, 0.6) is 0 Å². The molecule has 0 spiro atoms. The van der Waals surface area contributed by atoms with Crippen molar-refractivity contribution in [1.82, 2.24) is 19.7 Å². The second kappa shape index (κ2) is 5.90. The third-order valence-corrected chi connectivity index (χ3v) is 4.76. The summed E-state index contributed by atoms with van der Waals surface area (Å²) in [7, 11) is 0. The van der Waals surface area contributed by atoms with Crippen molar-refractivity contribution in [3.8, 4) is 11.3 Å². The van der Waals surface area contributed by atoms with Crippen LogP contribution in [0.3, 0.4) is 0 Å². The smallest absolute Gasteiger partial charge is 0.384 e. The first-order chi connectivity index (χ1) is 12.7. The fourth-order valence-corrected chi connectivity index (χ4v) is 3.43. The maximum absolute atomic E-state index is 15.4. The fourth-order valence-electron chi connectivity index (χ4n) is 3.43. The van der Waals surface area contributed by atoms with Crippen molar-refractivity contribution in [1.29, 1.82) is 0 Å². The van der Waals surface area contributed by atoms with Crippen LogP contribution in [0.1, 0.15) is 42.8 Å². The average Bonchev–Trinajstić information content (AvgIpc) is 3.32. The molecule has 0 bridgehead atoms. The van der Waals surface area contributed by atoms with Crippen molar-refractivity contribution >= 4 is 16.7 Å². The number of hydrogen-bond donors (Lipinski definition) is 1. The van der Waals surface area contributed by atoms with Crippen molar-refractivity contribution in [3.63, 3.8) is 0 Å². The number of rotatable bonds is 3. The first-order valence-electron chi connectivity index (χ1n) is 8.62. The van der Waals surface area contributed by atoms with E-state index in [1.807, 2.05) is 6.92 Å². The largest absolute Gasteiger partial charge is 0.418 e. The van der Waals surface area contributed by atoms with Crippen LogP contribution in [0.4, 0.5) is 23.4 Å². The number of nitrogens with zero attached hydrogens (tertiary/aromatic N) is 4. The lowest BCUT2D eigenvalue weighted by molar-refractivity contribution is -0.137. The quantitative estimate of drug-likeness (QED) is 0.683. The van der Waals surface area contributed by atoms with Crippen molar-refractivity contribution in [2.24, 2.45) is 0 Å². The number of halogens is 4. The number of fused-ring (bicyclic) bond motifs is 1. The summed E-state index contributed by atoms with van der Waals surface area (Å²) in [6, 6.07) is 1.10. The Morgan fingerprint density at radius 2 is 1.96 bits per heavy atom. The van der Waals surface area contributed by atoms with Gasteiger partial charge in [0, 0.05) is 10.9 Å². The third-order valence-electron chi connectivity index (χ3n) is 4.76. The van der Waals surface area contributed by atoms with Gasteiger partial charge in [-0.15, -0.1) is 0 Å². The maximum atomic E-state index is 15.4. The molecule has 0 saturated heterocycles. The molecule has 3 heterocycles. The lowest BCUT2D eigenvalue weighted by atomic mass is 10.0. The molecule has 0 amide bonds. The summed E-state index contributed by atoms with van der Waals surface area (Å²) < 4.78 is 58.0. The Labute approximate surface area is 152 Å². The number of aromatic nitrogens is 4. The average molecular weight is 379 g/mol. The van der Waals surface area contributed by atoms with Gasteiger partial charge in [-0.05, 0) is 32.3 Å². The fraction of sp³-hybridized carbons (Fsp3) is 0.389. The van der Waals surface area contributed by atoms with Crippen LogP contribution < -0.4 is 5.73 Å². The van der Waals surface area contributed by atoms with Gasteiger partial charge in [0.05, 0.1) is 29.2 Å². The molecular weight excluding hydrogens is 362 g/mol. The topological polar surface area (TPSA) is 69.6 Å². The van der Waals surface area contributed by atoms with Crippen molar-refractivity contribution < 1.29 is 17.6 Å². The van der Waals surface area contributed by atoms with Gasteiger partial charge in [-0.1, -0.05) is 6.92 Å². The Balaban J connectivity index is 2.09. The molecule has 0 atom stereocenters. The van der Waals surface area contributed by atoms with Gasteiger partial charge in [0.25, 0.3) is 0 Å². The summed E-state index contributed by atoms with van der Waals surface area (Å²) in [5, 5.41) is 4.77. The van der Waals surface area contributed by atoms with Gasteiger partial charge in [-0.25, -0.2) is 14.4 Å². The number of aryl methyl sites for hydroxylation is 2. The highest BCUT2D eigenvalue weighted by Crippen LogP contribution is 2.43. The van der Waals surface area contributed by atoms with Gasteiger partial charge in [0.1, 0.15) is 17.0 Å². The van der Waals surface area contributed by atoms with Crippen molar-refractivity contribution in [3.05, 3.63) is 35.0 Å². The summed E-state index contributed by atoms with van der Waals surface area (Å²) in [6.07, 6.45) is -1.02. The molecule has 3 aromatic heterocycles. The lowest BCUT2D eigenvalue weighted by Gasteiger charge is -2.17. The van der Waals surface area contributed by atoms with Gasteiger partial charge in [0.15, 0.2) is 5.82 Å². The van der Waals surface area contributed by atoms with Crippen LogP contribution in [0.25, 0.3) is 22.2 Å². The van der Waals surface area contributed by atoms with Gasteiger partial charge >= 0.3 is 6.18 Å². The standard InChI is InChI=1S/C18H17F4N5/c1-3-12-11-7-24-27(9-4-5-9)17(11)15(19)16(26-12)10-6-13(23)25-8(2)14(10)18(20,21)22/h6-7,9H,3-5H2,1-2H3,(H2,23,25). The first-order valence-corrected chi connectivity index (χ1v) is 8.62. The van der Waals surface area contributed by atoms with E-state index in [-0.39, 0.29) is 28.8 Å². The molecule has 27 heavy (non-hydrogen) atoms. The van der Waals surface area contributed by atoms with Crippen molar-refractivity contribution in [2.75, 3.05) is 5.73 Å². The molecule has 4 rings (SSSR count). The highest BCUT2D eigenvalue weighted by atomic mass is 19.4. The molecule has 1 aliphatic carbocycles.